The van der Waals surface area contributed by atoms with Crippen molar-refractivity contribution < 1.29 is 23.2 Å². The molecule has 3 N–H and O–H groups in total. The lowest BCUT2D eigenvalue weighted by Crippen LogP contribution is -2.39. The molecule has 10 heteroatoms. The fraction of sp³-hybridized carbons (Fsp3) is 0.0526. The van der Waals surface area contributed by atoms with Gasteiger partial charge in [0.25, 0.3) is 10.1 Å². The number of aromatic hydroxyl groups is 2. The molecule has 0 bridgehead atoms. The van der Waals surface area contributed by atoms with Crippen molar-refractivity contribution in [1.29, 1.82) is 0 Å². The zero-order valence-electron chi connectivity index (χ0n) is 14.3. The number of hydrogen-bond donors (Lipinski definition) is 3. The van der Waals surface area contributed by atoms with Gasteiger partial charge in [0.2, 0.25) is 0 Å². The molecule has 0 aliphatic carbocycles. The molecule has 3 aromatic rings. The Hall–Kier alpha value is -1.67. The van der Waals surface area contributed by atoms with Crippen LogP contribution in [0.3, 0.4) is 0 Å². The van der Waals surface area contributed by atoms with Crippen molar-refractivity contribution in [2.45, 2.75) is 4.75 Å². The number of halogens is 4. The van der Waals surface area contributed by atoms with Gasteiger partial charge in [0, 0.05) is 31.2 Å². The smallest absolute Gasteiger partial charge is 0.283 e. The highest BCUT2D eigenvalue weighted by molar-refractivity contribution is 7.87. The molecule has 3 rings (SSSR count). The lowest BCUT2D eigenvalue weighted by molar-refractivity contribution is 0.416. The van der Waals surface area contributed by atoms with E-state index < -0.39 is 31.9 Å². The van der Waals surface area contributed by atoms with E-state index >= 15 is 0 Å². The maximum Gasteiger partial charge on any atom is 0.283 e. The Bertz CT molecular complexity index is 1190. The summed E-state index contributed by atoms with van der Waals surface area (Å²) < 4.78 is 33.9. The number of phenols is 2. The van der Waals surface area contributed by atoms with Crippen LogP contribution in [0.25, 0.3) is 0 Å². The highest BCUT2D eigenvalue weighted by Gasteiger charge is 2.53. The van der Waals surface area contributed by atoms with Gasteiger partial charge in [-0.2, -0.15) is 8.42 Å². The number of hydrogen-bond acceptors (Lipinski definition) is 4. The number of benzene rings is 3. The molecule has 152 valence electrons. The zero-order chi connectivity index (χ0) is 21.6. The molecule has 5 nitrogen and oxygen atoms in total. The third-order valence-corrected chi connectivity index (χ3v) is 6.88. The van der Waals surface area contributed by atoms with Crippen LogP contribution in [0.5, 0.6) is 11.5 Å². The summed E-state index contributed by atoms with van der Waals surface area (Å²) in [5, 5.41) is 21.1. The molecule has 1 atom stereocenters. The lowest BCUT2D eigenvalue weighted by Gasteiger charge is -2.34. The molecule has 0 amide bonds. The Balaban J connectivity index is 2.66. The molecule has 0 aliphatic rings. The predicted molar refractivity (Wildman–Crippen MR) is 114 cm³/mol. The van der Waals surface area contributed by atoms with Crippen LogP contribution in [-0.2, 0) is 14.9 Å². The van der Waals surface area contributed by atoms with E-state index in [1.807, 2.05) is 0 Å². The van der Waals surface area contributed by atoms with Crippen molar-refractivity contribution in [1.82, 2.24) is 0 Å². The second-order valence-corrected chi connectivity index (χ2v) is 9.33. The Kier molecular flexibility index (Phi) is 5.98. The first kappa shape index (κ1) is 22.0. The summed E-state index contributed by atoms with van der Waals surface area (Å²) >= 11 is 24.4. The maximum atomic E-state index is 13.0. The average Bonchev–Trinajstić information content (AvgIpc) is 2.58. The highest BCUT2D eigenvalue weighted by Crippen LogP contribution is 2.54. The normalized spacial score (nSPS) is 13.8. The number of rotatable bonds is 4. The fourth-order valence-electron chi connectivity index (χ4n) is 3.28. The topological polar surface area (TPSA) is 94.8 Å². The van der Waals surface area contributed by atoms with Crippen LogP contribution in [0.1, 0.15) is 16.7 Å². The van der Waals surface area contributed by atoms with Crippen molar-refractivity contribution in [2.24, 2.45) is 0 Å². The summed E-state index contributed by atoms with van der Waals surface area (Å²) in [7, 11) is -5.18. The van der Waals surface area contributed by atoms with E-state index in [-0.39, 0.29) is 31.2 Å². The molecule has 3 aromatic carbocycles. The second-order valence-electron chi connectivity index (χ2n) is 6.08. The molecule has 29 heavy (non-hydrogen) atoms. The lowest BCUT2D eigenvalue weighted by atomic mass is 9.82. The van der Waals surface area contributed by atoms with Crippen LogP contribution in [0.15, 0.2) is 54.6 Å². The molecular formula is C19H12Cl4O5S. The van der Waals surface area contributed by atoms with Crippen LogP contribution in [0.4, 0.5) is 0 Å². The first-order chi connectivity index (χ1) is 13.5. The highest BCUT2D eigenvalue weighted by atomic mass is 35.5. The van der Waals surface area contributed by atoms with Crippen LogP contribution < -0.4 is 0 Å². The SMILES string of the molecule is O=S(=O)(O)C(c1ccccc1Cl)(c1ccc(Cl)cc1Cl)c1c(O)cc(Cl)cc1O. The third-order valence-electron chi connectivity index (χ3n) is 4.36. The summed E-state index contributed by atoms with van der Waals surface area (Å²) in [4.78, 5) is 0. The van der Waals surface area contributed by atoms with Crippen LogP contribution in [0, 0.1) is 0 Å². The summed E-state index contributed by atoms with van der Waals surface area (Å²) in [5.74, 6) is -1.39. The molecule has 0 aromatic heterocycles. The second kappa shape index (κ2) is 7.87. The maximum absolute atomic E-state index is 13.0. The van der Waals surface area contributed by atoms with Gasteiger partial charge in [-0.25, -0.2) is 0 Å². The first-order valence-electron chi connectivity index (χ1n) is 7.89. The largest absolute Gasteiger partial charge is 0.507 e. The van der Waals surface area contributed by atoms with E-state index in [4.69, 9.17) is 46.4 Å². The quantitative estimate of drug-likeness (QED) is 0.311. The van der Waals surface area contributed by atoms with E-state index in [0.29, 0.717) is 0 Å². The molecule has 0 spiro atoms. The third kappa shape index (κ3) is 3.65. The summed E-state index contributed by atoms with van der Waals surface area (Å²) in [6.07, 6.45) is 0. The Morgan fingerprint density at radius 1 is 0.724 bits per heavy atom. The Morgan fingerprint density at radius 3 is 1.79 bits per heavy atom. The van der Waals surface area contributed by atoms with Crippen LogP contribution in [0.2, 0.25) is 20.1 Å². The van der Waals surface area contributed by atoms with E-state index in [0.717, 1.165) is 12.1 Å². The van der Waals surface area contributed by atoms with Gasteiger partial charge in [0.15, 0.2) is 4.75 Å². The van der Waals surface area contributed by atoms with Gasteiger partial charge in [-0.15, -0.1) is 0 Å². The minimum absolute atomic E-state index is 0.0608. The Labute approximate surface area is 186 Å². The molecule has 0 radical (unpaired) electrons. The van der Waals surface area contributed by atoms with Crippen LogP contribution >= 0.6 is 46.4 Å². The van der Waals surface area contributed by atoms with Gasteiger partial charge in [-0.05, 0) is 30.3 Å². The fourth-order valence-corrected chi connectivity index (χ4v) is 5.81. The summed E-state index contributed by atoms with van der Waals surface area (Å²) in [6, 6.07) is 11.7. The minimum Gasteiger partial charge on any atom is -0.507 e. The van der Waals surface area contributed by atoms with Crippen molar-refractivity contribution in [3.05, 3.63) is 91.4 Å². The molecule has 0 saturated heterocycles. The van der Waals surface area contributed by atoms with E-state index in [2.05, 4.69) is 0 Å². The van der Waals surface area contributed by atoms with E-state index in [1.54, 1.807) is 6.07 Å². The van der Waals surface area contributed by atoms with Gasteiger partial charge in [-0.1, -0.05) is 70.7 Å². The molecule has 1 unspecified atom stereocenters. The molecule has 0 saturated carbocycles. The van der Waals surface area contributed by atoms with E-state index in [9.17, 15) is 23.2 Å². The van der Waals surface area contributed by atoms with Crippen molar-refractivity contribution in [2.75, 3.05) is 0 Å². The average molecular weight is 494 g/mol. The van der Waals surface area contributed by atoms with Gasteiger partial charge >= 0.3 is 0 Å². The molecule has 0 aliphatic heterocycles. The van der Waals surface area contributed by atoms with E-state index in [1.165, 1.54) is 36.4 Å². The zero-order valence-corrected chi connectivity index (χ0v) is 18.1. The summed E-state index contributed by atoms with van der Waals surface area (Å²) in [6.45, 7) is 0. The predicted octanol–water partition coefficient (Wildman–Crippen LogP) is 5.89. The van der Waals surface area contributed by atoms with Gasteiger partial charge < -0.3 is 10.2 Å². The minimum atomic E-state index is -5.18. The Morgan fingerprint density at radius 2 is 1.28 bits per heavy atom. The van der Waals surface area contributed by atoms with Crippen molar-refractivity contribution >= 4 is 56.5 Å². The van der Waals surface area contributed by atoms with Gasteiger partial charge in [-0.3, -0.25) is 4.55 Å². The standard InChI is InChI=1S/C19H12Cl4O5S/c20-10-5-6-13(15(23)7-10)19(29(26,27)28,12-3-1-2-4-14(12)22)18-16(24)8-11(21)9-17(18)25/h1-9,24-25H,(H,26,27,28). The van der Waals surface area contributed by atoms with Gasteiger partial charge in [0.1, 0.15) is 11.5 Å². The first-order valence-corrected chi connectivity index (χ1v) is 10.8. The van der Waals surface area contributed by atoms with Gasteiger partial charge in [0.05, 0.1) is 5.56 Å². The molecule has 0 heterocycles. The summed E-state index contributed by atoms with van der Waals surface area (Å²) in [5.41, 5.74) is -0.907. The molecular weight excluding hydrogens is 482 g/mol. The molecule has 0 fully saturated rings. The van der Waals surface area contributed by atoms with Crippen molar-refractivity contribution in [3.8, 4) is 11.5 Å². The van der Waals surface area contributed by atoms with Crippen LogP contribution in [-0.4, -0.2) is 23.2 Å². The number of phenolic OH excluding ortho intramolecular Hbond substituents is 2. The van der Waals surface area contributed by atoms with Crippen molar-refractivity contribution in [3.63, 3.8) is 0 Å². The monoisotopic (exact) mass is 492 g/mol.